The van der Waals surface area contributed by atoms with Crippen molar-refractivity contribution < 1.29 is 14.3 Å². The molecule has 0 atom stereocenters. The van der Waals surface area contributed by atoms with Crippen molar-refractivity contribution in [2.24, 2.45) is 0 Å². The maximum absolute atomic E-state index is 12.3. The van der Waals surface area contributed by atoms with E-state index in [4.69, 9.17) is 4.74 Å². The summed E-state index contributed by atoms with van der Waals surface area (Å²) in [7, 11) is 1.71. The van der Waals surface area contributed by atoms with Crippen LogP contribution in [0.25, 0.3) is 10.9 Å². The summed E-state index contributed by atoms with van der Waals surface area (Å²) in [5.41, 5.74) is 2.49. The SMILES string of the molecule is CN1C(=O)COc2cc(NC(=O)CCn3ccc4ccccc43)ccc21. The van der Waals surface area contributed by atoms with Crippen molar-refractivity contribution in [3.8, 4) is 5.75 Å². The highest BCUT2D eigenvalue weighted by molar-refractivity contribution is 5.98. The second kappa shape index (κ2) is 6.55. The van der Waals surface area contributed by atoms with Crippen molar-refractivity contribution in [1.29, 1.82) is 0 Å². The zero-order chi connectivity index (χ0) is 18.1. The molecule has 0 fully saturated rings. The summed E-state index contributed by atoms with van der Waals surface area (Å²) in [4.78, 5) is 25.5. The Bertz CT molecular complexity index is 993. The number of ether oxygens (including phenoxy) is 1. The fourth-order valence-electron chi connectivity index (χ4n) is 3.14. The van der Waals surface area contributed by atoms with E-state index in [2.05, 4.69) is 16.0 Å². The van der Waals surface area contributed by atoms with Crippen molar-refractivity contribution in [3.63, 3.8) is 0 Å². The number of carbonyl (C=O) groups is 2. The van der Waals surface area contributed by atoms with Gasteiger partial charge in [0.1, 0.15) is 5.75 Å². The molecule has 0 radical (unpaired) electrons. The molecule has 0 saturated heterocycles. The van der Waals surface area contributed by atoms with Gasteiger partial charge in [0, 0.05) is 43.5 Å². The van der Waals surface area contributed by atoms with Crippen LogP contribution in [0.15, 0.2) is 54.7 Å². The lowest BCUT2D eigenvalue weighted by Crippen LogP contribution is -2.35. The molecule has 3 aromatic rings. The van der Waals surface area contributed by atoms with Crippen LogP contribution in [0.1, 0.15) is 6.42 Å². The lowest BCUT2D eigenvalue weighted by atomic mass is 10.2. The van der Waals surface area contributed by atoms with Crippen LogP contribution in [0, 0.1) is 0 Å². The predicted molar refractivity (Wildman–Crippen MR) is 101 cm³/mol. The van der Waals surface area contributed by atoms with Crippen molar-refractivity contribution in [3.05, 3.63) is 54.7 Å². The Morgan fingerprint density at radius 1 is 1.19 bits per heavy atom. The third-order valence-corrected chi connectivity index (χ3v) is 4.59. The van der Waals surface area contributed by atoms with Crippen LogP contribution in [0.3, 0.4) is 0 Å². The Kier molecular flexibility index (Phi) is 4.08. The first kappa shape index (κ1) is 16.2. The van der Waals surface area contributed by atoms with Gasteiger partial charge < -0.3 is 19.5 Å². The van der Waals surface area contributed by atoms with Crippen LogP contribution < -0.4 is 15.0 Å². The topological polar surface area (TPSA) is 63.6 Å². The van der Waals surface area contributed by atoms with Gasteiger partial charge in [0.15, 0.2) is 6.61 Å². The number of benzene rings is 2. The Hall–Kier alpha value is -3.28. The summed E-state index contributed by atoms with van der Waals surface area (Å²) >= 11 is 0. The molecule has 4 rings (SSSR count). The highest BCUT2D eigenvalue weighted by Crippen LogP contribution is 2.33. The molecule has 132 valence electrons. The van der Waals surface area contributed by atoms with Crippen LogP contribution in [0.4, 0.5) is 11.4 Å². The second-order valence-corrected chi connectivity index (χ2v) is 6.29. The molecule has 2 heterocycles. The number of likely N-dealkylation sites (N-methyl/N-ethyl adjacent to an activating group) is 1. The zero-order valence-electron chi connectivity index (χ0n) is 14.4. The molecule has 1 aliphatic rings. The Labute approximate surface area is 151 Å². The Morgan fingerprint density at radius 3 is 2.92 bits per heavy atom. The van der Waals surface area contributed by atoms with Gasteiger partial charge in [0.2, 0.25) is 5.91 Å². The van der Waals surface area contributed by atoms with Crippen LogP contribution in [-0.4, -0.2) is 30.0 Å². The average molecular weight is 349 g/mol. The van der Waals surface area contributed by atoms with Gasteiger partial charge in [-0.05, 0) is 29.7 Å². The van der Waals surface area contributed by atoms with Crippen LogP contribution >= 0.6 is 0 Å². The van der Waals surface area contributed by atoms with Crippen molar-refractivity contribution in [2.45, 2.75) is 13.0 Å². The molecule has 6 nitrogen and oxygen atoms in total. The van der Waals surface area contributed by atoms with Crippen molar-refractivity contribution in [1.82, 2.24) is 4.57 Å². The summed E-state index contributed by atoms with van der Waals surface area (Å²) < 4.78 is 7.52. The minimum Gasteiger partial charge on any atom is -0.481 e. The fraction of sp³-hybridized carbons (Fsp3) is 0.200. The largest absolute Gasteiger partial charge is 0.481 e. The molecule has 1 N–H and O–H groups in total. The van der Waals surface area contributed by atoms with Crippen LogP contribution in [-0.2, 0) is 16.1 Å². The normalized spacial score (nSPS) is 13.4. The smallest absolute Gasteiger partial charge is 0.264 e. The van der Waals surface area contributed by atoms with E-state index in [1.54, 1.807) is 30.1 Å². The first-order chi connectivity index (χ1) is 12.6. The van der Waals surface area contributed by atoms with E-state index in [0.29, 0.717) is 30.1 Å². The number of carbonyl (C=O) groups excluding carboxylic acids is 2. The molecular weight excluding hydrogens is 330 g/mol. The molecule has 2 amide bonds. The van der Waals surface area contributed by atoms with E-state index in [1.165, 1.54) is 5.39 Å². The second-order valence-electron chi connectivity index (χ2n) is 6.29. The van der Waals surface area contributed by atoms with Crippen LogP contribution in [0.5, 0.6) is 5.75 Å². The van der Waals surface area contributed by atoms with Gasteiger partial charge in [-0.1, -0.05) is 18.2 Å². The van der Waals surface area contributed by atoms with E-state index in [-0.39, 0.29) is 18.4 Å². The average Bonchev–Trinajstić information content (AvgIpc) is 3.06. The number of anilines is 2. The highest BCUT2D eigenvalue weighted by Gasteiger charge is 2.22. The van der Waals surface area contributed by atoms with E-state index < -0.39 is 0 Å². The maximum atomic E-state index is 12.3. The van der Waals surface area contributed by atoms with Crippen molar-refractivity contribution >= 4 is 34.1 Å². The van der Waals surface area contributed by atoms with E-state index >= 15 is 0 Å². The number of rotatable bonds is 4. The molecule has 26 heavy (non-hydrogen) atoms. The molecule has 0 bridgehead atoms. The number of amides is 2. The van der Waals surface area contributed by atoms with Gasteiger partial charge in [-0.25, -0.2) is 0 Å². The summed E-state index contributed by atoms with van der Waals surface area (Å²) in [6.07, 6.45) is 2.37. The lowest BCUT2D eigenvalue weighted by molar-refractivity contribution is -0.121. The molecule has 1 aliphatic heterocycles. The molecule has 2 aromatic carbocycles. The predicted octanol–water partition coefficient (Wildman–Crippen LogP) is 3.03. The fourth-order valence-corrected chi connectivity index (χ4v) is 3.14. The number of aromatic nitrogens is 1. The molecule has 6 heteroatoms. The van der Waals surface area contributed by atoms with Gasteiger partial charge in [0.25, 0.3) is 5.91 Å². The summed E-state index contributed by atoms with van der Waals surface area (Å²) in [5, 5.41) is 4.06. The number of hydrogen-bond acceptors (Lipinski definition) is 3. The molecular formula is C20H19N3O3. The minimum atomic E-state index is -0.0896. The lowest BCUT2D eigenvalue weighted by Gasteiger charge is -2.26. The summed E-state index contributed by atoms with van der Waals surface area (Å²) in [6.45, 7) is 0.625. The quantitative estimate of drug-likeness (QED) is 0.787. The third kappa shape index (κ3) is 3.01. The number of nitrogens with one attached hydrogen (secondary N) is 1. The molecule has 0 saturated carbocycles. The maximum Gasteiger partial charge on any atom is 0.264 e. The molecule has 0 unspecified atom stereocenters. The Balaban J connectivity index is 1.41. The standard InChI is InChI=1S/C20H19N3O3/c1-22-17-7-6-15(12-18(17)26-13-20(22)25)21-19(24)9-11-23-10-8-14-4-2-3-5-16(14)23/h2-8,10,12H,9,11,13H2,1H3,(H,21,24). The number of nitrogens with zero attached hydrogens (tertiary/aromatic N) is 2. The number of aryl methyl sites for hydroxylation is 1. The zero-order valence-corrected chi connectivity index (χ0v) is 14.4. The summed E-state index contributed by atoms with van der Waals surface area (Å²) in [5.74, 6) is 0.442. The monoisotopic (exact) mass is 349 g/mol. The van der Waals surface area contributed by atoms with Gasteiger partial charge in [-0.3, -0.25) is 9.59 Å². The third-order valence-electron chi connectivity index (χ3n) is 4.59. The Morgan fingerprint density at radius 2 is 2.04 bits per heavy atom. The van der Waals surface area contributed by atoms with E-state index in [9.17, 15) is 9.59 Å². The van der Waals surface area contributed by atoms with E-state index in [0.717, 1.165) is 5.52 Å². The number of para-hydroxylation sites is 1. The number of hydrogen-bond donors (Lipinski definition) is 1. The molecule has 1 aromatic heterocycles. The summed E-state index contributed by atoms with van der Waals surface area (Å²) in [6, 6.07) is 15.5. The van der Waals surface area contributed by atoms with Gasteiger partial charge in [-0.15, -0.1) is 0 Å². The first-order valence-electron chi connectivity index (χ1n) is 8.49. The van der Waals surface area contributed by atoms with Crippen LogP contribution in [0.2, 0.25) is 0 Å². The van der Waals surface area contributed by atoms with Gasteiger partial charge >= 0.3 is 0 Å². The van der Waals surface area contributed by atoms with Crippen molar-refractivity contribution in [2.75, 3.05) is 23.9 Å². The minimum absolute atomic E-state index is 0.0155. The highest BCUT2D eigenvalue weighted by atomic mass is 16.5. The molecule has 0 spiro atoms. The van der Waals surface area contributed by atoms with E-state index in [1.807, 2.05) is 30.5 Å². The number of fused-ring (bicyclic) bond motifs is 2. The first-order valence-corrected chi connectivity index (χ1v) is 8.49. The molecule has 0 aliphatic carbocycles. The van der Waals surface area contributed by atoms with Gasteiger partial charge in [0.05, 0.1) is 5.69 Å². The van der Waals surface area contributed by atoms with Gasteiger partial charge in [-0.2, -0.15) is 0 Å².